The Hall–Kier alpha value is -0.560. The van der Waals surface area contributed by atoms with Crippen LogP contribution in [0.4, 0.5) is 8.78 Å². The van der Waals surface area contributed by atoms with Gasteiger partial charge in [-0.25, -0.2) is 8.78 Å². The number of hydrogen-bond acceptors (Lipinski definition) is 3. The van der Waals surface area contributed by atoms with Gasteiger partial charge in [0.15, 0.2) is 5.60 Å². The van der Waals surface area contributed by atoms with Gasteiger partial charge < -0.3 is 10.0 Å². The molecule has 112 valence electrons. The van der Waals surface area contributed by atoms with E-state index in [9.17, 15) is 13.9 Å². The predicted octanol–water partition coefficient (Wildman–Crippen LogP) is 2.15. The molecule has 0 aromatic heterocycles. The lowest BCUT2D eigenvalue weighted by Crippen LogP contribution is -2.52. The van der Waals surface area contributed by atoms with Gasteiger partial charge in [-0.2, -0.15) is 0 Å². The van der Waals surface area contributed by atoms with Crippen molar-refractivity contribution in [1.82, 2.24) is 9.80 Å². The van der Waals surface area contributed by atoms with Crippen LogP contribution >= 0.6 is 15.9 Å². The van der Waals surface area contributed by atoms with E-state index < -0.39 is 12.0 Å². The van der Waals surface area contributed by atoms with E-state index in [0.29, 0.717) is 13.1 Å². The van der Waals surface area contributed by atoms with Crippen molar-refractivity contribution < 1.29 is 13.9 Å². The van der Waals surface area contributed by atoms with Crippen LogP contribution in [0.25, 0.3) is 0 Å². The summed E-state index contributed by atoms with van der Waals surface area (Å²) in [5.74, 6) is 0. The number of benzene rings is 1. The summed E-state index contributed by atoms with van der Waals surface area (Å²) in [5, 5.41) is 10.4. The van der Waals surface area contributed by atoms with Gasteiger partial charge in [0.2, 0.25) is 0 Å². The summed E-state index contributed by atoms with van der Waals surface area (Å²) in [5.41, 5.74) is -1.86. The normalized spacial score (nSPS) is 21.1. The Balaban J connectivity index is 2.15. The van der Waals surface area contributed by atoms with Crippen molar-refractivity contribution >= 4 is 15.9 Å². The van der Waals surface area contributed by atoms with Crippen molar-refractivity contribution in [3.05, 3.63) is 34.3 Å². The zero-order valence-corrected chi connectivity index (χ0v) is 13.0. The highest BCUT2D eigenvalue weighted by atomic mass is 79.9. The van der Waals surface area contributed by atoms with Crippen molar-refractivity contribution in [3.8, 4) is 0 Å². The third-order valence-corrected chi connectivity index (χ3v) is 4.29. The molecule has 3 nitrogen and oxygen atoms in total. The van der Waals surface area contributed by atoms with Crippen LogP contribution in [0.2, 0.25) is 0 Å². The lowest BCUT2D eigenvalue weighted by atomic mass is 9.93. The van der Waals surface area contributed by atoms with Gasteiger partial charge in [0.25, 0.3) is 6.43 Å². The molecule has 6 heteroatoms. The highest BCUT2D eigenvalue weighted by Gasteiger charge is 2.41. The van der Waals surface area contributed by atoms with Gasteiger partial charge >= 0.3 is 0 Å². The number of halogens is 3. The lowest BCUT2D eigenvalue weighted by Gasteiger charge is -2.38. The highest BCUT2D eigenvalue weighted by Crippen LogP contribution is 2.30. The van der Waals surface area contributed by atoms with Crippen molar-refractivity contribution in [1.29, 1.82) is 0 Å². The maximum atomic E-state index is 13.4. The topological polar surface area (TPSA) is 26.7 Å². The van der Waals surface area contributed by atoms with E-state index in [1.807, 2.05) is 11.9 Å². The number of rotatable bonds is 4. The molecule has 2 rings (SSSR count). The van der Waals surface area contributed by atoms with Crippen LogP contribution in [0.5, 0.6) is 0 Å². The molecule has 1 aromatic rings. The van der Waals surface area contributed by atoms with Gasteiger partial charge in [-0.15, -0.1) is 0 Å². The molecule has 1 heterocycles. The van der Waals surface area contributed by atoms with E-state index in [2.05, 4.69) is 20.8 Å². The summed E-state index contributed by atoms with van der Waals surface area (Å²) in [6.45, 7) is 3.02. The first kappa shape index (κ1) is 15.8. The second kappa shape index (κ2) is 6.47. The Morgan fingerprint density at radius 3 is 2.25 bits per heavy atom. The average Bonchev–Trinajstić information content (AvgIpc) is 2.42. The second-order valence-corrected chi connectivity index (χ2v) is 6.23. The van der Waals surface area contributed by atoms with E-state index in [0.717, 1.165) is 17.6 Å². The summed E-state index contributed by atoms with van der Waals surface area (Å²) >= 11 is 3.27. The van der Waals surface area contributed by atoms with Crippen molar-refractivity contribution in [2.24, 2.45) is 0 Å². The summed E-state index contributed by atoms with van der Waals surface area (Å²) in [4.78, 5) is 4.05. The molecule has 20 heavy (non-hydrogen) atoms. The summed E-state index contributed by atoms with van der Waals surface area (Å²) < 4.78 is 27.6. The van der Waals surface area contributed by atoms with Crippen LogP contribution in [0.1, 0.15) is 5.56 Å². The Kier molecular flexibility index (Phi) is 5.12. The Bertz CT molecular complexity index is 435. The number of alkyl halides is 2. The molecule has 1 aliphatic heterocycles. The molecular formula is C14H19BrF2N2O. The molecule has 1 unspecified atom stereocenters. The molecular weight excluding hydrogens is 330 g/mol. The van der Waals surface area contributed by atoms with Gasteiger partial charge in [-0.3, -0.25) is 4.90 Å². The molecule has 0 spiro atoms. The number of likely N-dealkylation sites (N-methyl/N-ethyl adjacent to an activating group) is 1. The fourth-order valence-electron chi connectivity index (χ4n) is 2.37. The van der Waals surface area contributed by atoms with Gasteiger partial charge in [0, 0.05) is 37.2 Å². The maximum Gasteiger partial charge on any atom is 0.272 e. The highest BCUT2D eigenvalue weighted by molar-refractivity contribution is 9.10. The Morgan fingerprint density at radius 1 is 1.20 bits per heavy atom. The molecule has 0 aliphatic carbocycles. The molecule has 1 aromatic carbocycles. The van der Waals surface area contributed by atoms with Gasteiger partial charge in [-0.05, 0) is 24.7 Å². The largest absolute Gasteiger partial charge is 0.378 e. The molecule has 0 bridgehead atoms. The van der Waals surface area contributed by atoms with Crippen LogP contribution in [0.3, 0.4) is 0 Å². The first-order valence-corrected chi connectivity index (χ1v) is 7.38. The van der Waals surface area contributed by atoms with Crippen molar-refractivity contribution in [3.63, 3.8) is 0 Å². The maximum absolute atomic E-state index is 13.4. The smallest absolute Gasteiger partial charge is 0.272 e. The molecule has 1 N–H and O–H groups in total. The predicted molar refractivity (Wildman–Crippen MR) is 78.0 cm³/mol. The summed E-state index contributed by atoms with van der Waals surface area (Å²) in [6.07, 6.45) is -2.82. The van der Waals surface area contributed by atoms with Crippen LogP contribution in [0, 0.1) is 0 Å². The fourth-order valence-corrected chi connectivity index (χ4v) is 2.64. The third-order valence-electron chi connectivity index (χ3n) is 3.77. The number of hydrogen-bond donors (Lipinski definition) is 1. The third kappa shape index (κ3) is 3.55. The van der Waals surface area contributed by atoms with E-state index in [1.165, 1.54) is 0 Å². The molecule has 1 saturated heterocycles. The average molecular weight is 349 g/mol. The minimum atomic E-state index is -2.82. The minimum absolute atomic E-state index is 0.0415. The first-order chi connectivity index (χ1) is 9.41. The molecule has 0 radical (unpaired) electrons. The van der Waals surface area contributed by atoms with Gasteiger partial charge in [0.1, 0.15) is 0 Å². The SMILES string of the molecule is CN1CCN(CC(O)(c2ccc(Br)cc2)C(F)F)CC1. The Morgan fingerprint density at radius 2 is 1.75 bits per heavy atom. The molecule has 1 fully saturated rings. The number of β-amino-alcohol motifs (C(OH)–C–C–N with tert-alkyl or cyclic N) is 1. The number of piperazine rings is 1. The minimum Gasteiger partial charge on any atom is -0.378 e. The molecule has 0 saturated carbocycles. The standard InChI is InChI=1S/C14H19BrF2N2O/c1-18-6-8-19(9-7-18)10-14(20,13(16)17)11-2-4-12(15)5-3-11/h2-5,13,20H,6-10H2,1H3. The van der Waals surface area contributed by atoms with Crippen molar-refractivity contribution in [2.45, 2.75) is 12.0 Å². The fraction of sp³-hybridized carbons (Fsp3) is 0.571. The van der Waals surface area contributed by atoms with E-state index in [4.69, 9.17) is 0 Å². The van der Waals surface area contributed by atoms with E-state index in [1.54, 1.807) is 24.3 Å². The van der Waals surface area contributed by atoms with Crippen LogP contribution in [-0.4, -0.2) is 61.1 Å². The summed E-state index contributed by atoms with van der Waals surface area (Å²) in [6, 6.07) is 6.44. The quantitative estimate of drug-likeness (QED) is 0.903. The molecule has 1 aliphatic rings. The van der Waals surface area contributed by atoms with Gasteiger partial charge in [-0.1, -0.05) is 28.1 Å². The lowest BCUT2D eigenvalue weighted by molar-refractivity contribution is -0.121. The zero-order valence-electron chi connectivity index (χ0n) is 11.4. The van der Waals surface area contributed by atoms with E-state index in [-0.39, 0.29) is 12.1 Å². The van der Waals surface area contributed by atoms with Crippen LogP contribution < -0.4 is 0 Å². The van der Waals surface area contributed by atoms with E-state index >= 15 is 0 Å². The number of aliphatic hydroxyl groups is 1. The van der Waals surface area contributed by atoms with Crippen LogP contribution in [-0.2, 0) is 5.60 Å². The number of nitrogens with zero attached hydrogens (tertiary/aromatic N) is 2. The van der Waals surface area contributed by atoms with Gasteiger partial charge in [0.05, 0.1) is 0 Å². The second-order valence-electron chi connectivity index (χ2n) is 5.31. The first-order valence-electron chi connectivity index (χ1n) is 6.59. The molecule has 1 atom stereocenters. The summed E-state index contributed by atoms with van der Waals surface area (Å²) in [7, 11) is 2.01. The van der Waals surface area contributed by atoms with Crippen LogP contribution in [0.15, 0.2) is 28.7 Å². The van der Waals surface area contributed by atoms with Crippen molar-refractivity contribution in [2.75, 3.05) is 39.8 Å². The Labute approximate surface area is 126 Å². The zero-order chi connectivity index (χ0) is 14.8. The molecule has 0 amide bonds. The monoisotopic (exact) mass is 348 g/mol.